The van der Waals surface area contributed by atoms with Crippen molar-refractivity contribution in [1.29, 1.82) is 0 Å². The summed E-state index contributed by atoms with van der Waals surface area (Å²) in [5.74, 6) is 0. The first-order valence-electron chi connectivity index (χ1n) is 4.86. The summed E-state index contributed by atoms with van der Waals surface area (Å²) in [6, 6.07) is 0.673. The zero-order valence-electron chi connectivity index (χ0n) is 7.92. The van der Waals surface area contributed by atoms with Gasteiger partial charge in [0.15, 0.2) is 0 Å². The second kappa shape index (κ2) is 5.51. The molecule has 0 saturated carbocycles. The quantitative estimate of drug-likeness (QED) is 0.631. The molecule has 0 aromatic heterocycles. The van der Waals surface area contributed by atoms with Gasteiger partial charge >= 0.3 is 0 Å². The lowest BCUT2D eigenvalue weighted by molar-refractivity contribution is 0.170. The Morgan fingerprint density at radius 1 is 1.42 bits per heavy atom. The molecule has 3 heteroatoms. The Hall–Kier alpha value is -0.120. The second-order valence-corrected chi connectivity index (χ2v) is 3.54. The van der Waals surface area contributed by atoms with E-state index < -0.39 is 0 Å². The highest BCUT2D eigenvalue weighted by molar-refractivity contribution is 4.73. The molecule has 0 amide bonds. The van der Waals surface area contributed by atoms with Crippen molar-refractivity contribution >= 4 is 0 Å². The highest BCUT2D eigenvalue weighted by atomic mass is 16.3. The van der Waals surface area contributed by atoms with Crippen LogP contribution in [0.5, 0.6) is 0 Å². The minimum Gasteiger partial charge on any atom is -0.395 e. The Bertz CT molecular complexity index is 111. The van der Waals surface area contributed by atoms with E-state index in [1.54, 1.807) is 0 Å². The number of likely N-dealkylation sites (N-methyl/N-ethyl adjacent to an activating group) is 1. The predicted octanol–water partition coefficient (Wildman–Crippen LogP) is 0.0526. The molecule has 0 aromatic rings. The van der Waals surface area contributed by atoms with E-state index in [-0.39, 0.29) is 6.61 Å². The predicted molar refractivity (Wildman–Crippen MR) is 50.2 cm³/mol. The van der Waals surface area contributed by atoms with Crippen LogP contribution in [0.25, 0.3) is 0 Å². The van der Waals surface area contributed by atoms with E-state index in [0.29, 0.717) is 6.04 Å². The third kappa shape index (κ3) is 3.09. The summed E-state index contributed by atoms with van der Waals surface area (Å²) in [5.41, 5.74) is 0. The number of nitrogens with one attached hydrogen (secondary N) is 1. The maximum absolute atomic E-state index is 8.78. The molecular formula is C9H20N2O. The highest BCUT2D eigenvalue weighted by Gasteiger charge is 2.15. The van der Waals surface area contributed by atoms with E-state index in [2.05, 4.69) is 17.3 Å². The summed E-state index contributed by atoms with van der Waals surface area (Å²) in [4.78, 5) is 2.27. The fourth-order valence-corrected chi connectivity index (χ4v) is 1.78. The number of hydrogen-bond acceptors (Lipinski definition) is 3. The van der Waals surface area contributed by atoms with Crippen LogP contribution in [0, 0.1) is 0 Å². The minimum atomic E-state index is 0.278. The van der Waals surface area contributed by atoms with Gasteiger partial charge in [0.25, 0.3) is 0 Å². The lowest BCUT2D eigenvalue weighted by Gasteiger charge is -2.25. The van der Waals surface area contributed by atoms with Crippen LogP contribution in [0.2, 0.25) is 0 Å². The van der Waals surface area contributed by atoms with E-state index >= 15 is 0 Å². The minimum absolute atomic E-state index is 0.278. The molecule has 1 fully saturated rings. The Balaban J connectivity index is 2.27. The lowest BCUT2D eigenvalue weighted by Crippen LogP contribution is -2.34. The van der Waals surface area contributed by atoms with Gasteiger partial charge in [-0.3, -0.25) is 0 Å². The molecule has 1 saturated heterocycles. The van der Waals surface area contributed by atoms with Crippen LogP contribution in [0.15, 0.2) is 0 Å². The van der Waals surface area contributed by atoms with Crippen molar-refractivity contribution in [1.82, 2.24) is 10.2 Å². The Kier molecular flexibility index (Phi) is 4.58. The van der Waals surface area contributed by atoms with Gasteiger partial charge in [-0.1, -0.05) is 0 Å². The van der Waals surface area contributed by atoms with Gasteiger partial charge in [-0.15, -0.1) is 0 Å². The van der Waals surface area contributed by atoms with Gasteiger partial charge in [-0.05, 0) is 39.4 Å². The van der Waals surface area contributed by atoms with Gasteiger partial charge in [0, 0.05) is 12.6 Å². The SMILES string of the molecule is CN(CCO)C1CCCNCC1. The second-order valence-electron chi connectivity index (χ2n) is 3.54. The largest absolute Gasteiger partial charge is 0.395 e. The van der Waals surface area contributed by atoms with Crippen molar-refractivity contribution in [3.05, 3.63) is 0 Å². The number of aliphatic hydroxyl groups is 1. The van der Waals surface area contributed by atoms with Gasteiger partial charge in [0.1, 0.15) is 0 Å². The van der Waals surface area contributed by atoms with E-state index in [9.17, 15) is 0 Å². The Morgan fingerprint density at radius 2 is 2.25 bits per heavy atom. The maximum Gasteiger partial charge on any atom is 0.0558 e. The number of rotatable bonds is 3. The van der Waals surface area contributed by atoms with Crippen LogP contribution < -0.4 is 5.32 Å². The molecule has 1 aliphatic rings. The van der Waals surface area contributed by atoms with Crippen molar-refractivity contribution < 1.29 is 5.11 Å². The van der Waals surface area contributed by atoms with Crippen LogP contribution in [0.4, 0.5) is 0 Å². The van der Waals surface area contributed by atoms with Gasteiger partial charge in [0.05, 0.1) is 6.61 Å². The third-order valence-electron chi connectivity index (χ3n) is 2.62. The molecule has 72 valence electrons. The molecule has 1 unspecified atom stereocenters. The molecule has 1 atom stereocenters. The monoisotopic (exact) mass is 172 g/mol. The molecule has 0 radical (unpaired) electrons. The molecule has 0 aromatic carbocycles. The van der Waals surface area contributed by atoms with Crippen LogP contribution in [-0.4, -0.2) is 49.3 Å². The summed E-state index contributed by atoms with van der Waals surface area (Å²) in [5, 5.41) is 12.2. The summed E-state index contributed by atoms with van der Waals surface area (Å²) in [6.07, 6.45) is 3.75. The summed E-state index contributed by atoms with van der Waals surface area (Å²) >= 11 is 0. The maximum atomic E-state index is 8.78. The molecule has 1 aliphatic heterocycles. The number of hydrogen-bond donors (Lipinski definition) is 2. The molecule has 2 N–H and O–H groups in total. The van der Waals surface area contributed by atoms with Crippen LogP contribution in [0.3, 0.4) is 0 Å². The van der Waals surface area contributed by atoms with Crippen LogP contribution >= 0.6 is 0 Å². The molecule has 12 heavy (non-hydrogen) atoms. The summed E-state index contributed by atoms with van der Waals surface area (Å²) < 4.78 is 0. The fraction of sp³-hybridized carbons (Fsp3) is 1.00. The van der Waals surface area contributed by atoms with Crippen molar-refractivity contribution in [2.75, 3.05) is 33.3 Å². The number of nitrogens with zero attached hydrogens (tertiary/aromatic N) is 1. The average molecular weight is 172 g/mol. The first-order chi connectivity index (χ1) is 5.84. The lowest BCUT2D eigenvalue weighted by atomic mass is 10.1. The topological polar surface area (TPSA) is 35.5 Å². The van der Waals surface area contributed by atoms with Crippen molar-refractivity contribution in [2.24, 2.45) is 0 Å². The fourth-order valence-electron chi connectivity index (χ4n) is 1.78. The first kappa shape index (κ1) is 9.96. The zero-order chi connectivity index (χ0) is 8.81. The smallest absolute Gasteiger partial charge is 0.0558 e. The zero-order valence-corrected chi connectivity index (χ0v) is 7.92. The Morgan fingerprint density at radius 3 is 3.00 bits per heavy atom. The van der Waals surface area contributed by atoms with Crippen molar-refractivity contribution in [2.45, 2.75) is 25.3 Å². The van der Waals surface area contributed by atoms with E-state index in [4.69, 9.17) is 5.11 Å². The third-order valence-corrected chi connectivity index (χ3v) is 2.62. The van der Waals surface area contributed by atoms with Gasteiger partial charge < -0.3 is 15.3 Å². The molecule has 3 nitrogen and oxygen atoms in total. The van der Waals surface area contributed by atoms with E-state index in [0.717, 1.165) is 19.6 Å². The van der Waals surface area contributed by atoms with Gasteiger partial charge in [0.2, 0.25) is 0 Å². The van der Waals surface area contributed by atoms with Crippen molar-refractivity contribution in [3.8, 4) is 0 Å². The molecule has 1 heterocycles. The molecule has 0 spiro atoms. The average Bonchev–Trinajstić information content (AvgIpc) is 2.32. The number of aliphatic hydroxyl groups excluding tert-OH is 1. The van der Waals surface area contributed by atoms with Gasteiger partial charge in [-0.2, -0.15) is 0 Å². The molecule has 1 rings (SSSR count). The normalized spacial score (nSPS) is 25.8. The highest BCUT2D eigenvalue weighted by Crippen LogP contribution is 2.10. The van der Waals surface area contributed by atoms with Crippen LogP contribution in [-0.2, 0) is 0 Å². The summed E-state index contributed by atoms with van der Waals surface area (Å²) in [6.45, 7) is 3.37. The van der Waals surface area contributed by atoms with Gasteiger partial charge in [-0.25, -0.2) is 0 Å². The summed E-state index contributed by atoms with van der Waals surface area (Å²) in [7, 11) is 2.10. The standard InChI is InChI=1S/C9H20N2O/c1-11(7-8-12)9-3-2-5-10-6-4-9/h9-10,12H,2-8H2,1H3. The molecule has 0 bridgehead atoms. The molecular weight excluding hydrogens is 152 g/mol. The van der Waals surface area contributed by atoms with Crippen molar-refractivity contribution in [3.63, 3.8) is 0 Å². The van der Waals surface area contributed by atoms with E-state index in [1.165, 1.54) is 19.3 Å². The first-order valence-corrected chi connectivity index (χ1v) is 4.86. The molecule has 0 aliphatic carbocycles. The Labute approximate surface area is 74.8 Å². The van der Waals surface area contributed by atoms with E-state index in [1.807, 2.05) is 0 Å². The van der Waals surface area contributed by atoms with Crippen LogP contribution in [0.1, 0.15) is 19.3 Å².